The van der Waals surface area contributed by atoms with Crippen LogP contribution in [-0.4, -0.2) is 45.0 Å². The van der Waals surface area contributed by atoms with E-state index in [0.29, 0.717) is 19.0 Å². The molecular formula is C18H20N4O2. The highest BCUT2D eigenvalue weighted by atomic mass is 16.5. The van der Waals surface area contributed by atoms with Gasteiger partial charge < -0.3 is 9.64 Å². The van der Waals surface area contributed by atoms with Crippen molar-refractivity contribution >= 4 is 5.91 Å². The van der Waals surface area contributed by atoms with Crippen molar-refractivity contribution in [3.8, 4) is 5.75 Å². The van der Waals surface area contributed by atoms with Crippen LogP contribution >= 0.6 is 0 Å². The number of para-hydroxylation sites is 1. The highest BCUT2D eigenvalue weighted by Gasteiger charge is 2.38. The van der Waals surface area contributed by atoms with Gasteiger partial charge in [0.2, 0.25) is 0 Å². The number of benzene rings is 1. The van der Waals surface area contributed by atoms with Gasteiger partial charge in [0.25, 0.3) is 5.91 Å². The molecule has 1 atom stereocenters. The molecule has 2 fully saturated rings. The summed E-state index contributed by atoms with van der Waals surface area (Å²) in [5.41, 5.74) is 2.30. The molecule has 1 amide bonds. The molecule has 1 saturated heterocycles. The van der Waals surface area contributed by atoms with Crippen LogP contribution in [-0.2, 0) is 11.2 Å². The fourth-order valence-electron chi connectivity index (χ4n) is 3.54. The van der Waals surface area contributed by atoms with Gasteiger partial charge in [0.05, 0.1) is 11.7 Å². The smallest absolute Gasteiger partial charge is 0.263 e. The van der Waals surface area contributed by atoms with Crippen LogP contribution in [0.15, 0.2) is 30.5 Å². The number of nitrogens with zero attached hydrogens (tertiary/aromatic N) is 4. The molecule has 0 radical (unpaired) electrons. The second-order valence-electron chi connectivity index (χ2n) is 7.05. The number of aromatic nitrogens is 3. The Balaban J connectivity index is 1.20. The highest BCUT2D eigenvalue weighted by Crippen LogP contribution is 2.39. The number of fused-ring (bicyclic) bond motifs is 1. The number of amides is 1. The van der Waals surface area contributed by atoms with E-state index in [9.17, 15) is 4.79 Å². The fraction of sp³-hybridized carbons (Fsp3) is 0.500. The summed E-state index contributed by atoms with van der Waals surface area (Å²) in [7, 11) is 0. The number of ether oxygens (including phenoxy) is 1. The predicted molar refractivity (Wildman–Crippen MR) is 86.8 cm³/mol. The Bertz CT molecular complexity index is 777. The molecule has 1 aromatic carbocycles. The lowest BCUT2D eigenvalue weighted by Gasteiger charge is -2.41. The average molecular weight is 324 g/mol. The first-order valence-corrected chi connectivity index (χ1v) is 8.73. The molecular weight excluding hydrogens is 304 g/mol. The maximum Gasteiger partial charge on any atom is 0.263 e. The number of likely N-dealkylation sites (tertiary alicyclic amines) is 1. The Morgan fingerprint density at radius 2 is 2.00 bits per heavy atom. The maximum absolute atomic E-state index is 12.6. The minimum Gasteiger partial charge on any atom is -0.480 e. The van der Waals surface area contributed by atoms with Crippen molar-refractivity contribution < 1.29 is 9.53 Å². The van der Waals surface area contributed by atoms with E-state index in [2.05, 4.69) is 22.6 Å². The van der Waals surface area contributed by atoms with Gasteiger partial charge in [-0.15, -0.1) is 5.10 Å². The molecule has 5 rings (SSSR count). The predicted octanol–water partition coefficient (Wildman–Crippen LogP) is 1.93. The quantitative estimate of drug-likeness (QED) is 0.865. The number of carbonyl (C=O) groups is 1. The zero-order valence-corrected chi connectivity index (χ0v) is 13.5. The number of carbonyl (C=O) groups excluding carboxylic acids is 1. The van der Waals surface area contributed by atoms with Gasteiger partial charge in [0.1, 0.15) is 5.75 Å². The zero-order chi connectivity index (χ0) is 16.1. The Kier molecular flexibility index (Phi) is 3.11. The molecule has 24 heavy (non-hydrogen) atoms. The Morgan fingerprint density at radius 1 is 1.17 bits per heavy atom. The van der Waals surface area contributed by atoms with Crippen molar-refractivity contribution in [3.63, 3.8) is 0 Å². The summed E-state index contributed by atoms with van der Waals surface area (Å²) in [5, 5.41) is 8.48. The van der Waals surface area contributed by atoms with Crippen molar-refractivity contribution in [3.05, 3.63) is 41.7 Å². The third kappa shape index (κ3) is 2.37. The van der Waals surface area contributed by atoms with Crippen LogP contribution in [0.5, 0.6) is 5.75 Å². The summed E-state index contributed by atoms with van der Waals surface area (Å²) in [6.07, 6.45) is 5.82. The van der Waals surface area contributed by atoms with E-state index >= 15 is 0 Å². The number of hydrogen-bond donors (Lipinski definition) is 0. The summed E-state index contributed by atoms with van der Waals surface area (Å²) >= 11 is 0. The first-order valence-electron chi connectivity index (χ1n) is 8.73. The van der Waals surface area contributed by atoms with Gasteiger partial charge in [0.15, 0.2) is 6.10 Å². The molecule has 6 heteroatoms. The average Bonchev–Trinajstić information content (AvgIpc) is 3.32. The van der Waals surface area contributed by atoms with Gasteiger partial charge in [-0.2, -0.15) is 0 Å². The topological polar surface area (TPSA) is 60.2 Å². The lowest BCUT2D eigenvalue weighted by Crippen LogP contribution is -2.55. The molecule has 1 unspecified atom stereocenters. The Labute approximate surface area is 140 Å². The molecule has 3 aliphatic rings. The molecule has 2 aliphatic heterocycles. The first-order chi connectivity index (χ1) is 11.8. The second kappa shape index (κ2) is 5.33. The van der Waals surface area contributed by atoms with Crippen LogP contribution in [0, 0.1) is 0 Å². The molecule has 124 valence electrons. The van der Waals surface area contributed by atoms with Gasteiger partial charge in [-0.1, -0.05) is 23.4 Å². The van der Waals surface area contributed by atoms with Crippen LogP contribution in [0.4, 0.5) is 0 Å². The van der Waals surface area contributed by atoms with E-state index in [1.165, 1.54) is 18.4 Å². The van der Waals surface area contributed by atoms with Gasteiger partial charge in [-0.25, -0.2) is 4.68 Å². The summed E-state index contributed by atoms with van der Waals surface area (Å²) in [6, 6.07) is 8.23. The normalized spacial score (nSPS) is 23.3. The van der Waals surface area contributed by atoms with Crippen LogP contribution in [0.25, 0.3) is 0 Å². The van der Waals surface area contributed by atoms with Crippen molar-refractivity contribution in [1.29, 1.82) is 0 Å². The fourth-order valence-corrected chi connectivity index (χ4v) is 3.54. The van der Waals surface area contributed by atoms with E-state index in [0.717, 1.165) is 24.3 Å². The van der Waals surface area contributed by atoms with E-state index in [4.69, 9.17) is 4.74 Å². The maximum atomic E-state index is 12.6. The SMILES string of the molecule is O=C(C1CCc2ccccc2O1)N1CC(n2cc(C3CC3)nn2)C1. The summed E-state index contributed by atoms with van der Waals surface area (Å²) in [5.74, 6) is 1.57. The van der Waals surface area contributed by atoms with Crippen LogP contribution in [0.2, 0.25) is 0 Å². The summed E-state index contributed by atoms with van der Waals surface area (Å²) in [4.78, 5) is 14.5. The van der Waals surface area contributed by atoms with Crippen LogP contribution in [0.3, 0.4) is 0 Å². The van der Waals surface area contributed by atoms with E-state index < -0.39 is 0 Å². The first kappa shape index (κ1) is 14.0. The number of aryl methyl sites for hydroxylation is 1. The minimum absolute atomic E-state index is 0.100. The largest absolute Gasteiger partial charge is 0.480 e. The van der Waals surface area contributed by atoms with E-state index in [1.807, 2.05) is 27.8 Å². The molecule has 1 aromatic heterocycles. The lowest BCUT2D eigenvalue weighted by atomic mass is 10.00. The van der Waals surface area contributed by atoms with Gasteiger partial charge >= 0.3 is 0 Å². The van der Waals surface area contributed by atoms with Gasteiger partial charge in [0, 0.05) is 25.2 Å². The minimum atomic E-state index is -0.348. The number of hydrogen-bond acceptors (Lipinski definition) is 4. The Hall–Kier alpha value is -2.37. The molecule has 3 heterocycles. The van der Waals surface area contributed by atoms with Crippen molar-refractivity contribution in [2.24, 2.45) is 0 Å². The van der Waals surface area contributed by atoms with E-state index in [-0.39, 0.29) is 18.1 Å². The third-order valence-electron chi connectivity index (χ3n) is 5.26. The monoisotopic (exact) mass is 324 g/mol. The molecule has 2 aromatic rings. The summed E-state index contributed by atoms with van der Waals surface area (Å²) < 4.78 is 7.83. The molecule has 1 aliphatic carbocycles. The van der Waals surface area contributed by atoms with Crippen molar-refractivity contribution in [1.82, 2.24) is 19.9 Å². The molecule has 0 N–H and O–H groups in total. The highest BCUT2D eigenvalue weighted by molar-refractivity contribution is 5.82. The van der Waals surface area contributed by atoms with Crippen molar-refractivity contribution in [2.45, 2.75) is 43.7 Å². The zero-order valence-electron chi connectivity index (χ0n) is 13.5. The van der Waals surface area contributed by atoms with Crippen molar-refractivity contribution in [2.75, 3.05) is 13.1 Å². The van der Waals surface area contributed by atoms with Crippen LogP contribution < -0.4 is 4.74 Å². The van der Waals surface area contributed by atoms with Crippen LogP contribution in [0.1, 0.15) is 42.5 Å². The standard InChI is InChI=1S/C18H20N4O2/c23-18(17-8-7-13-3-1-2-4-16(13)24-17)21-9-14(10-21)22-11-15(19-20-22)12-5-6-12/h1-4,11-12,14,17H,5-10H2. The van der Waals surface area contributed by atoms with Gasteiger partial charge in [-0.3, -0.25) is 4.79 Å². The summed E-state index contributed by atoms with van der Waals surface area (Å²) in [6.45, 7) is 1.40. The van der Waals surface area contributed by atoms with E-state index in [1.54, 1.807) is 0 Å². The number of rotatable bonds is 3. The second-order valence-corrected chi connectivity index (χ2v) is 7.05. The third-order valence-corrected chi connectivity index (χ3v) is 5.26. The molecule has 0 bridgehead atoms. The van der Waals surface area contributed by atoms with Gasteiger partial charge in [-0.05, 0) is 37.3 Å². The molecule has 1 saturated carbocycles. The lowest BCUT2D eigenvalue weighted by molar-refractivity contribution is -0.145. The Morgan fingerprint density at radius 3 is 2.83 bits per heavy atom. The molecule has 0 spiro atoms. The molecule has 6 nitrogen and oxygen atoms in total.